The highest BCUT2D eigenvalue weighted by atomic mass is 32.2. The van der Waals surface area contributed by atoms with Crippen LogP contribution >= 0.6 is 11.8 Å². The van der Waals surface area contributed by atoms with Crippen molar-refractivity contribution in [2.75, 3.05) is 19.0 Å². The van der Waals surface area contributed by atoms with Crippen LogP contribution in [-0.2, 0) is 19.0 Å². The lowest BCUT2D eigenvalue weighted by molar-refractivity contribution is -0.136. The highest BCUT2D eigenvalue weighted by molar-refractivity contribution is 7.99. The zero-order valence-corrected chi connectivity index (χ0v) is 18.9. The van der Waals surface area contributed by atoms with Crippen molar-refractivity contribution in [1.82, 2.24) is 5.32 Å². The molecular weight excluding hydrogens is 414 g/mol. The maximum Gasteiger partial charge on any atom is 0.513 e. The third-order valence-electron chi connectivity index (χ3n) is 6.04. The summed E-state index contributed by atoms with van der Waals surface area (Å²) in [4.78, 5) is 25.9. The molecule has 1 saturated carbocycles. The number of carbonyl (C=O) groups excluding carboxylic acids is 2. The number of ether oxygens (including phenoxy) is 3. The Morgan fingerprint density at radius 3 is 2.77 bits per heavy atom. The van der Waals surface area contributed by atoms with Gasteiger partial charge in [0.05, 0.1) is 29.5 Å². The van der Waals surface area contributed by atoms with Crippen molar-refractivity contribution in [2.24, 2.45) is 5.92 Å². The molecule has 7 heteroatoms. The summed E-state index contributed by atoms with van der Waals surface area (Å²) in [5, 5.41) is 3.18. The number of dihydropyridines is 1. The molecule has 4 rings (SSSR count). The summed E-state index contributed by atoms with van der Waals surface area (Å²) in [7, 11) is 0. The van der Waals surface area contributed by atoms with Crippen molar-refractivity contribution in [1.29, 1.82) is 0 Å². The molecule has 1 atom stereocenters. The molecule has 1 fully saturated rings. The van der Waals surface area contributed by atoms with Gasteiger partial charge in [0, 0.05) is 10.6 Å². The summed E-state index contributed by atoms with van der Waals surface area (Å²) in [6, 6.07) is 8.07. The second-order valence-electron chi connectivity index (χ2n) is 8.15. The number of cyclic esters (lactones) is 1. The second kappa shape index (κ2) is 9.81. The van der Waals surface area contributed by atoms with E-state index in [1.54, 1.807) is 6.92 Å². The Balaban J connectivity index is 1.67. The van der Waals surface area contributed by atoms with E-state index >= 15 is 0 Å². The van der Waals surface area contributed by atoms with Gasteiger partial charge in [-0.3, -0.25) is 0 Å². The van der Waals surface area contributed by atoms with Crippen LogP contribution in [0.5, 0.6) is 0 Å². The third kappa shape index (κ3) is 4.76. The topological polar surface area (TPSA) is 73.9 Å². The van der Waals surface area contributed by atoms with Crippen LogP contribution in [0.4, 0.5) is 4.79 Å². The van der Waals surface area contributed by atoms with Gasteiger partial charge in [0.15, 0.2) is 0 Å². The van der Waals surface area contributed by atoms with Crippen LogP contribution in [0, 0.1) is 5.92 Å². The van der Waals surface area contributed by atoms with Crippen LogP contribution in [0.2, 0.25) is 0 Å². The normalized spacial score (nSPS) is 21.5. The Bertz CT molecular complexity index is 916. The number of rotatable bonds is 6. The summed E-state index contributed by atoms with van der Waals surface area (Å²) in [6.45, 7) is 3.98. The number of nitrogens with one attached hydrogen (secondary N) is 1. The van der Waals surface area contributed by atoms with Crippen LogP contribution < -0.4 is 5.32 Å². The van der Waals surface area contributed by atoms with Crippen molar-refractivity contribution in [3.8, 4) is 0 Å². The zero-order chi connectivity index (χ0) is 21.8. The summed E-state index contributed by atoms with van der Waals surface area (Å²) in [5.74, 6) is 1.28. The van der Waals surface area contributed by atoms with Crippen LogP contribution in [0.15, 0.2) is 51.9 Å². The van der Waals surface area contributed by atoms with Gasteiger partial charge in [0.1, 0.15) is 12.4 Å². The predicted octanol–water partition coefficient (Wildman–Crippen LogP) is 5.26. The minimum atomic E-state index is -0.772. The van der Waals surface area contributed by atoms with E-state index in [0.717, 1.165) is 27.8 Å². The van der Waals surface area contributed by atoms with Crippen LogP contribution in [0.1, 0.15) is 57.4 Å². The van der Waals surface area contributed by atoms with Crippen molar-refractivity contribution < 1.29 is 23.8 Å². The maximum atomic E-state index is 12.7. The van der Waals surface area contributed by atoms with E-state index in [2.05, 4.69) is 11.4 Å². The van der Waals surface area contributed by atoms with Crippen LogP contribution in [0.3, 0.4) is 0 Å². The molecule has 0 aromatic heterocycles. The number of hydrogen-bond donors (Lipinski definition) is 1. The fourth-order valence-corrected chi connectivity index (χ4v) is 5.80. The SMILES string of the molecule is CCOC(=O)OC1=C(C)NC2=C(C(=O)OC2)C1c1ccccc1SCC1CCCCC1. The summed E-state index contributed by atoms with van der Waals surface area (Å²) >= 11 is 1.83. The Hall–Kier alpha value is -2.41. The minimum absolute atomic E-state index is 0.200. The third-order valence-corrected chi connectivity index (χ3v) is 7.36. The second-order valence-corrected chi connectivity index (χ2v) is 9.22. The van der Waals surface area contributed by atoms with Crippen LogP contribution in [-0.4, -0.2) is 31.1 Å². The van der Waals surface area contributed by atoms with Gasteiger partial charge in [0.2, 0.25) is 0 Å². The molecule has 0 radical (unpaired) electrons. The number of benzene rings is 1. The van der Waals surface area contributed by atoms with Gasteiger partial charge in [-0.05, 0) is 44.2 Å². The lowest BCUT2D eigenvalue weighted by Crippen LogP contribution is -2.28. The molecule has 1 N–H and O–H groups in total. The summed E-state index contributed by atoms with van der Waals surface area (Å²) in [5.41, 5.74) is 2.88. The number of esters is 1. The number of allylic oxidation sites excluding steroid dienone is 2. The molecular formula is C24H29NO5S. The number of hydrogen-bond acceptors (Lipinski definition) is 7. The molecule has 0 bridgehead atoms. The smallest absolute Gasteiger partial charge is 0.456 e. The van der Waals surface area contributed by atoms with E-state index in [1.807, 2.05) is 36.9 Å². The molecule has 1 unspecified atom stereocenters. The van der Waals surface area contributed by atoms with E-state index < -0.39 is 12.1 Å². The van der Waals surface area contributed by atoms with Gasteiger partial charge in [0.25, 0.3) is 0 Å². The lowest BCUT2D eigenvalue weighted by atomic mass is 9.85. The first-order chi connectivity index (χ1) is 15.1. The molecule has 31 heavy (non-hydrogen) atoms. The molecule has 6 nitrogen and oxygen atoms in total. The molecule has 0 spiro atoms. The van der Waals surface area contributed by atoms with Gasteiger partial charge in [-0.2, -0.15) is 0 Å². The van der Waals surface area contributed by atoms with E-state index in [-0.39, 0.29) is 19.2 Å². The lowest BCUT2D eigenvalue weighted by Gasteiger charge is -2.29. The predicted molar refractivity (Wildman–Crippen MR) is 118 cm³/mol. The molecule has 1 aromatic carbocycles. The summed E-state index contributed by atoms with van der Waals surface area (Å²) < 4.78 is 15.9. The molecule has 1 aliphatic carbocycles. The van der Waals surface area contributed by atoms with E-state index in [4.69, 9.17) is 14.2 Å². The molecule has 166 valence electrons. The summed E-state index contributed by atoms with van der Waals surface area (Å²) in [6.07, 6.45) is 5.74. The largest absolute Gasteiger partial charge is 0.513 e. The molecule has 1 aromatic rings. The average molecular weight is 444 g/mol. The van der Waals surface area contributed by atoms with Crippen molar-refractivity contribution in [2.45, 2.75) is 56.8 Å². The monoisotopic (exact) mass is 443 g/mol. The van der Waals surface area contributed by atoms with Crippen molar-refractivity contribution in [3.63, 3.8) is 0 Å². The van der Waals surface area contributed by atoms with Gasteiger partial charge in [-0.25, -0.2) is 9.59 Å². The van der Waals surface area contributed by atoms with E-state index in [1.165, 1.54) is 32.1 Å². The van der Waals surface area contributed by atoms with Crippen molar-refractivity contribution >= 4 is 23.9 Å². The molecule has 0 saturated heterocycles. The highest BCUT2D eigenvalue weighted by Crippen LogP contribution is 2.45. The Morgan fingerprint density at radius 1 is 1.23 bits per heavy atom. The van der Waals surface area contributed by atoms with Gasteiger partial charge < -0.3 is 19.5 Å². The first-order valence-corrected chi connectivity index (χ1v) is 12.0. The number of thioether (sulfide) groups is 1. The fraction of sp³-hybridized carbons (Fsp3) is 0.500. The maximum absolute atomic E-state index is 12.7. The molecule has 0 amide bonds. The van der Waals surface area contributed by atoms with E-state index in [9.17, 15) is 9.59 Å². The van der Waals surface area contributed by atoms with Crippen LogP contribution in [0.25, 0.3) is 0 Å². The molecule has 3 aliphatic rings. The quantitative estimate of drug-likeness (QED) is 0.475. The van der Waals surface area contributed by atoms with Gasteiger partial charge >= 0.3 is 12.1 Å². The standard InChI is InChI=1S/C24H29NO5S/c1-3-28-24(27)30-22-15(2)25-18-13-29-23(26)21(18)20(22)17-11-7-8-12-19(17)31-14-16-9-5-4-6-10-16/h7-8,11-12,16,20,25H,3-6,9-10,13-14H2,1-2H3. The Morgan fingerprint density at radius 2 is 2.00 bits per heavy atom. The molecule has 2 aliphatic heterocycles. The first kappa shape index (κ1) is 21.8. The van der Waals surface area contributed by atoms with E-state index in [0.29, 0.717) is 17.0 Å². The highest BCUT2D eigenvalue weighted by Gasteiger charge is 2.42. The van der Waals surface area contributed by atoms with Crippen molar-refractivity contribution in [3.05, 3.63) is 52.6 Å². The average Bonchev–Trinajstić information content (AvgIpc) is 3.14. The zero-order valence-electron chi connectivity index (χ0n) is 18.1. The van der Waals surface area contributed by atoms with Gasteiger partial charge in [-0.1, -0.05) is 37.5 Å². The minimum Gasteiger partial charge on any atom is -0.456 e. The molecule has 2 heterocycles. The first-order valence-electron chi connectivity index (χ1n) is 11.0. The Labute approximate surface area is 187 Å². The fourth-order valence-electron chi connectivity index (χ4n) is 4.53. The van der Waals surface area contributed by atoms with Gasteiger partial charge in [-0.15, -0.1) is 11.8 Å². The number of carbonyl (C=O) groups is 2. The Kier molecular flexibility index (Phi) is 6.90.